The van der Waals surface area contributed by atoms with Gasteiger partial charge in [0.15, 0.2) is 0 Å². The highest BCUT2D eigenvalue weighted by Crippen LogP contribution is 2.30. The van der Waals surface area contributed by atoms with Crippen LogP contribution in [0.3, 0.4) is 0 Å². The van der Waals surface area contributed by atoms with E-state index in [1.807, 2.05) is 18.2 Å². The maximum Gasteiger partial charge on any atom is 0.0511 e. The molecule has 0 amide bonds. The summed E-state index contributed by atoms with van der Waals surface area (Å²) in [5, 5.41) is 4.30. The molecule has 0 saturated heterocycles. The molecule has 1 atom stereocenters. The first-order chi connectivity index (χ1) is 9.63. The second kappa shape index (κ2) is 7.14. The Morgan fingerprint density at radius 3 is 2.40 bits per heavy atom. The Kier molecular flexibility index (Phi) is 5.50. The van der Waals surface area contributed by atoms with Crippen molar-refractivity contribution in [3.05, 3.63) is 63.1 Å². The predicted molar refractivity (Wildman–Crippen MR) is 91.6 cm³/mol. The summed E-state index contributed by atoms with van der Waals surface area (Å²) < 4.78 is 1.03. The molecule has 1 unspecified atom stereocenters. The van der Waals surface area contributed by atoms with Gasteiger partial charge in [0.2, 0.25) is 0 Å². The fourth-order valence-corrected chi connectivity index (χ4v) is 2.74. The molecule has 106 valence electrons. The number of hydrogen-bond acceptors (Lipinski definition) is 1. The molecule has 20 heavy (non-hydrogen) atoms. The molecular weight excluding hydrogens is 334 g/mol. The van der Waals surface area contributed by atoms with Crippen molar-refractivity contribution in [2.45, 2.75) is 32.7 Å². The van der Waals surface area contributed by atoms with Crippen LogP contribution in [-0.4, -0.2) is 0 Å². The van der Waals surface area contributed by atoms with Crippen LogP contribution in [0.25, 0.3) is 0 Å². The number of halogens is 2. The van der Waals surface area contributed by atoms with Crippen molar-refractivity contribution in [1.82, 2.24) is 0 Å². The van der Waals surface area contributed by atoms with Crippen molar-refractivity contribution in [3.63, 3.8) is 0 Å². The molecular formula is C17H19BrClN. The van der Waals surface area contributed by atoms with E-state index in [-0.39, 0.29) is 6.04 Å². The van der Waals surface area contributed by atoms with Gasteiger partial charge in [-0.3, -0.25) is 0 Å². The average molecular weight is 353 g/mol. The van der Waals surface area contributed by atoms with E-state index in [4.69, 9.17) is 11.6 Å². The van der Waals surface area contributed by atoms with Crippen molar-refractivity contribution in [3.8, 4) is 0 Å². The standard InChI is InChI=1S/C17H19BrClN/c1-3-12-5-7-13(8-6-12)16(4-2)20-17-11-14(19)9-10-15(17)18/h5-11,16,20H,3-4H2,1-2H3. The summed E-state index contributed by atoms with van der Waals surface area (Å²) in [5.41, 5.74) is 3.70. The Morgan fingerprint density at radius 2 is 1.80 bits per heavy atom. The minimum absolute atomic E-state index is 0.288. The molecule has 0 aromatic heterocycles. The monoisotopic (exact) mass is 351 g/mol. The van der Waals surface area contributed by atoms with E-state index >= 15 is 0 Å². The number of hydrogen-bond donors (Lipinski definition) is 1. The molecule has 0 bridgehead atoms. The Balaban J connectivity index is 2.21. The highest BCUT2D eigenvalue weighted by molar-refractivity contribution is 9.10. The van der Waals surface area contributed by atoms with E-state index < -0.39 is 0 Å². The molecule has 0 fully saturated rings. The highest BCUT2D eigenvalue weighted by Gasteiger charge is 2.11. The smallest absolute Gasteiger partial charge is 0.0511 e. The van der Waals surface area contributed by atoms with Crippen molar-refractivity contribution in [2.75, 3.05) is 5.32 Å². The number of anilines is 1. The Labute approximate surface area is 134 Å². The summed E-state index contributed by atoms with van der Waals surface area (Å²) >= 11 is 9.63. The molecule has 2 rings (SSSR count). The molecule has 2 aromatic rings. The summed E-state index contributed by atoms with van der Waals surface area (Å²) in [6, 6.07) is 14.9. The van der Waals surface area contributed by atoms with Gasteiger partial charge in [0.1, 0.15) is 0 Å². The number of aryl methyl sites for hydroxylation is 1. The first-order valence-electron chi connectivity index (χ1n) is 6.94. The van der Waals surface area contributed by atoms with Crippen molar-refractivity contribution in [1.29, 1.82) is 0 Å². The number of benzene rings is 2. The van der Waals surface area contributed by atoms with E-state index in [2.05, 4.69) is 59.4 Å². The lowest BCUT2D eigenvalue weighted by molar-refractivity contribution is 0.748. The van der Waals surface area contributed by atoms with Crippen LogP contribution in [0.5, 0.6) is 0 Å². The van der Waals surface area contributed by atoms with Gasteiger partial charge < -0.3 is 5.32 Å². The fourth-order valence-electron chi connectivity index (χ4n) is 2.20. The third-order valence-electron chi connectivity index (χ3n) is 3.46. The van der Waals surface area contributed by atoms with E-state index in [9.17, 15) is 0 Å². The minimum atomic E-state index is 0.288. The first-order valence-corrected chi connectivity index (χ1v) is 8.11. The Bertz CT molecular complexity index is 566. The molecule has 2 aromatic carbocycles. The predicted octanol–water partition coefficient (Wildman–Crippen LogP) is 6.23. The summed E-state index contributed by atoms with van der Waals surface area (Å²) in [7, 11) is 0. The molecule has 0 aliphatic rings. The maximum atomic E-state index is 6.07. The SMILES string of the molecule is CCc1ccc(C(CC)Nc2cc(Cl)ccc2Br)cc1. The van der Waals surface area contributed by atoms with Crippen LogP contribution in [0, 0.1) is 0 Å². The van der Waals surface area contributed by atoms with Crippen LogP contribution in [0.1, 0.15) is 37.4 Å². The largest absolute Gasteiger partial charge is 0.377 e. The number of nitrogens with one attached hydrogen (secondary N) is 1. The zero-order valence-electron chi connectivity index (χ0n) is 11.8. The zero-order chi connectivity index (χ0) is 14.5. The van der Waals surface area contributed by atoms with E-state index in [0.29, 0.717) is 0 Å². The molecule has 0 spiro atoms. The molecule has 0 heterocycles. The van der Waals surface area contributed by atoms with Gasteiger partial charge in [-0.25, -0.2) is 0 Å². The summed E-state index contributed by atoms with van der Waals surface area (Å²) in [5.74, 6) is 0. The third kappa shape index (κ3) is 3.77. The molecule has 1 N–H and O–H groups in total. The first kappa shape index (κ1) is 15.4. The van der Waals surface area contributed by atoms with E-state index in [1.54, 1.807) is 0 Å². The van der Waals surface area contributed by atoms with E-state index in [0.717, 1.165) is 28.0 Å². The molecule has 0 radical (unpaired) electrons. The summed E-state index contributed by atoms with van der Waals surface area (Å²) in [4.78, 5) is 0. The van der Waals surface area contributed by atoms with Crippen LogP contribution in [0.15, 0.2) is 46.9 Å². The lowest BCUT2D eigenvalue weighted by Gasteiger charge is -2.20. The number of rotatable bonds is 5. The average Bonchev–Trinajstić information content (AvgIpc) is 2.48. The van der Waals surface area contributed by atoms with E-state index in [1.165, 1.54) is 11.1 Å². The van der Waals surface area contributed by atoms with Crippen LogP contribution in [-0.2, 0) is 6.42 Å². The van der Waals surface area contributed by atoms with Gasteiger partial charge in [0.25, 0.3) is 0 Å². The quantitative estimate of drug-likeness (QED) is 0.672. The minimum Gasteiger partial charge on any atom is -0.377 e. The van der Waals surface area contributed by atoms with Crippen molar-refractivity contribution < 1.29 is 0 Å². The molecule has 0 aliphatic heterocycles. The van der Waals surface area contributed by atoms with Gasteiger partial charge in [-0.05, 0) is 58.1 Å². The molecule has 0 saturated carbocycles. The van der Waals surface area contributed by atoms with Crippen LogP contribution < -0.4 is 5.32 Å². The van der Waals surface area contributed by atoms with Gasteiger partial charge in [-0.2, -0.15) is 0 Å². The van der Waals surface area contributed by atoms with Gasteiger partial charge >= 0.3 is 0 Å². The molecule has 0 aliphatic carbocycles. The normalized spacial score (nSPS) is 12.2. The lowest BCUT2D eigenvalue weighted by Crippen LogP contribution is -2.10. The second-order valence-corrected chi connectivity index (χ2v) is 6.12. The molecule has 1 nitrogen and oxygen atoms in total. The van der Waals surface area contributed by atoms with Crippen LogP contribution >= 0.6 is 27.5 Å². The zero-order valence-corrected chi connectivity index (χ0v) is 14.1. The van der Waals surface area contributed by atoms with Crippen molar-refractivity contribution >= 4 is 33.2 Å². The lowest BCUT2D eigenvalue weighted by atomic mass is 10.0. The van der Waals surface area contributed by atoms with Crippen LogP contribution in [0.4, 0.5) is 5.69 Å². The second-order valence-electron chi connectivity index (χ2n) is 4.82. The highest BCUT2D eigenvalue weighted by atomic mass is 79.9. The van der Waals surface area contributed by atoms with Crippen LogP contribution in [0.2, 0.25) is 5.02 Å². The molecule has 3 heteroatoms. The Hall–Kier alpha value is -0.990. The third-order valence-corrected chi connectivity index (χ3v) is 4.38. The fraction of sp³-hybridized carbons (Fsp3) is 0.294. The van der Waals surface area contributed by atoms with Gasteiger partial charge in [-0.15, -0.1) is 0 Å². The Morgan fingerprint density at radius 1 is 1.10 bits per heavy atom. The maximum absolute atomic E-state index is 6.07. The van der Waals surface area contributed by atoms with Gasteiger partial charge in [-0.1, -0.05) is 49.7 Å². The van der Waals surface area contributed by atoms with Crippen molar-refractivity contribution in [2.24, 2.45) is 0 Å². The van der Waals surface area contributed by atoms with Gasteiger partial charge in [0, 0.05) is 9.50 Å². The summed E-state index contributed by atoms with van der Waals surface area (Å²) in [6.07, 6.45) is 2.09. The topological polar surface area (TPSA) is 12.0 Å². The summed E-state index contributed by atoms with van der Waals surface area (Å²) in [6.45, 7) is 4.36. The van der Waals surface area contributed by atoms with Gasteiger partial charge in [0.05, 0.1) is 11.7 Å².